The van der Waals surface area contributed by atoms with Crippen molar-refractivity contribution in [1.29, 1.82) is 0 Å². The van der Waals surface area contributed by atoms with Crippen LogP contribution in [0.25, 0.3) is 11.1 Å². The number of ether oxygens (including phenoxy) is 2. The fourth-order valence-corrected chi connectivity index (χ4v) is 2.81. The lowest BCUT2D eigenvalue weighted by molar-refractivity contribution is 0.0488. The summed E-state index contributed by atoms with van der Waals surface area (Å²) in [5.74, 6) is -0.502. The summed E-state index contributed by atoms with van der Waals surface area (Å²) in [7, 11) is 1.53. The number of aliphatic hydroxyl groups is 1. The first-order chi connectivity index (χ1) is 13.1. The lowest BCUT2D eigenvalue weighted by Crippen LogP contribution is -2.07. The van der Waals surface area contributed by atoms with Crippen molar-refractivity contribution in [3.63, 3.8) is 0 Å². The molecule has 1 unspecified atom stereocenters. The maximum atomic E-state index is 11.0. The topological polar surface area (TPSA) is 76.0 Å². The van der Waals surface area contributed by atoms with E-state index in [0.717, 1.165) is 11.1 Å². The Bertz CT molecular complexity index is 904. The van der Waals surface area contributed by atoms with Crippen molar-refractivity contribution in [3.05, 3.63) is 89.5 Å². The summed E-state index contributed by atoms with van der Waals surface area (Å²) in [6.45, 7) is 0.0579. The van der Waals surface area contributed by atoms with Gasteiger partial charge in [-0.05, 0) is 41.0 Å². The summed E-state index contributed by atoms with van der Waals surface area (Å²) >= 11 is 0. The number of benzene rings is 3. The van der Waals surface area contributed by atoms with Crippen LogP contribution in [0.3, 0.4) is 0 Å². The zero-order valence-corrected chi connectivity index (χ0v) is 14.8. The molecule has 0 amide bonds. The third-order valence-electron chi connectivity index (χ3n) is 4.22. The van der Waals surface area contributed by atoms with Gasteiger partial charge in [0.25, 0.3) is 0 Å². The van der Waals surface area contributed by atoms with Gasteiger partial charge in [-0.2, -0.15) is 0 Å². The van der Waals surface area contributed by atoms with Crippen LogP contribution >= 0.6 is 0 Å². The van der Waals surface area contributed by atoms with Gasteiger partial charge in [0.15, 0.2) is 6.79 Å². The molecule has 2 N–H and O–H groups in total. The molecule has 138 valence electrons. The molecule has 0 fully saturated rings. The highest BCUT2D eigenvalue weighted by atomic mass is 16.7. The average Bonchev–Trinajstić information content (AvgIpc) is 2.72. The second kappa shape index (κ2) is 8.49. The molecule has 0 aliphatic heterocycles. The van der Waals surface area contributed by atoms with E-state index >= 15 is 0 Å². The van der Waals surface area contributed by atoms with Crippen molar-refractivity contribution in [2.45, 2.75) is 6.10 Å². The fraction of sp³-hybridized carbons (Fsp3) is 0.136. The quantitative estimate of drug-likeness (QED) is 0.617. The molecular formula is C22H20O5. The molecule has 0 aliphatic carbocycles. The second-order valence-corrected chi connectivity index (χ2v) is 6.00. The van der Waals surface area contributed by atoms with E-state index in [0.29, 0.717) is 16.9 Å². The minimum absolute atomic E-state index is 0.0579. The molecule has 0 spiro atoms. The standard InChI is InChI=1S/C22H20O5/c1-26-14-27-20-12-11-18(15-5-3-2-4-6-15)13-19(20)21(23)16-7-9-17(10-8-16)22(24)25/h2-13,21,23H,14H2,1H3,(H,24,25). The predicted octanol–water partition coefficient (Wildman–Crippen LogP) is 4.12. The van der Waals surface area contributed by atoms with Gasteiger partial charge in [-0.15, -0.1) is 0 Å². The van der Waals surface area contributed by atoms with Crippen LogP contribution in [-0.4, -0.2) is 30.1 Å². The largest absolute Gasteiger partial charge is 0.478 e. The van der Waals surface area contributed by atoms with E-state index in [-0.39, 0.29) is 12.4 Å². The van der Waals surface area contributed by atoms with Crippen molar-refractivity contribution in [2.24, 2.45) is 0 Å². The highest BCUT2D eigenvalue weighted by Gasteiger charge is 2.18. The van der Waals surface area contributed by atoms with E-state index in [1.165, 1.54) is 19.2 Å². The van der Waals surface area contributed by atoms with Gasteiger partial charge in [0.1, 0.15) is 11.9 Å². The summed E-state index contributed by atoms with van der Waals surface area (Å²) in [6.07, 6.45) is -0.969. The molecule has 0 heterocycles. The van der Waals surface area contributed by atoms with Crippen molar-refractivity contribution in [2.75, 3.05) is 13.9 Å². The van der Waals surface area contributed by atoms with Gasteiger partial charge >= 0.3 is 5.97 Å². The maximum absolute atomic E-state index is 11.0. The molecule has 0 radical (unpaired) electrons. The number of methoxy groups -OCH3 is 1. The lowest BCUT2D eigenvalue weighted by Gasteiger charge is -2.18. The van der Waals surface area contributed by atoms with Crippen LogP contribution in [0, 0.1) is 0 Å². The van der Waals surface area contributed by atoms with Crippen molar-refractivity contribution in [1.82, 2.24) is 0 Å². The first-order valence-electron chi connectivity index (χ1n) is 8.42. The first-order valence-corrected chi connectivity index (χ1v) is 8.42. The van der Waals surface area contributed by atoms with Gasteiger partial charge in [0.2, 0.25) is 0 Å². The smallest absolute Gasteiger partial charge is 0.335 e. The Labute approximate surface area is 157 Å². The van der Waals surface area contributed by atoms with E-state index in [2.05, 4.69) is 0 Å². The molecule has 3 aromatic rings. The van der Waals surface area contributed by atoms with E-state index < -0.39 is 12.1 Å². The fourth-order valence-electron chi connectivity index (χ4n) is 2.81. The third-order valence-corrected chi connectivity index (χ3v) is 4.22. The lowest BCUT2D eigenvalue weighted by atomic mass is 9.95. The van der Waals surface area contributed by atoms with Gasteiger partial charge in [-0.3, -0.25) is 0 Å². The maximum Gasteiger partial charge on any atom is 0.335 e. The van der Waals surface area contributed by atoms with E-state index in [4.69, 9.17) is 14.6 Å². The minimum atomic E-state index is -1.01. The molecular weight excluding hydrogens is 344 g/mol. The summed E-state index contributed by atoms with van der Waals surface area (Å²) in [6, 6.07) is 21.6. The Hall–Kier alpha value is -3.15. The van der Waals surface area contributed by atoms with E-state index in [1.54, 1.807) is 18.2 Å². The average molecular weight is 364 g/mol. The van der Waals surface area contributed by atoms with Gasteiger partial charge in [-0.1, -0.05) is 48.5 Å². The van der Waals surface area contributed by atoms with Gasteiger partial charge in [0, 0.05) is 12.7 Å². The molecule has 0 saturated heterocycles. The Morgan fingerprint density at radius 2 is 1.67 bits per heavy atom. The van der Waals surface area contributed by atoms with Crippen LogP contribution in [0.4, 0.5) is 0 Å². The van der Waals surface area contributed by atoms with Crippen LogP contribution in [0.2, 0.25) is 0 Å². The molecule has 3 rings (SSSR count). The molecule has 0 bridgehead atoms. The normalized spacial score (nSPS) is 11.8. The number of carbonyl (C=O) groups is 1. The molecule has 27 heavy (non-hydrogen) atoms. The van der Waals surface area contributed by atoms with Gasteiger partial charge < -0.3 is 19.7 Å². The third kappa shape index (κ3) is 4.34. The molecule has 5 heteroatoms. The summed E-state index contributed by atoms with van der Waals surface area (Å²) in [5, 5.41) is 19.9. The SMILES string of the molecule is COCOc1ccc(-c2ccccc2)cc1C(O)c1ccc(C(=O)O)cc1. The highest BCUT2D eigenvalue weighted by molar-refractivity contribution is 5.87. The van der Waals surface area contributed by atoms with Gasteiger partial charge in [0.05, 0.1) is 5.56 Å². The zero-order chi connectivity index (χ0) is 19.2. The minimum Gasteiger partial charge on any atom is -0.478 e. The summed E-state index contributed by atoms with van der Waals surface area (Å²) in [5.41, 5.74) is 3.28. The molecule has 5 nitrogen and oxygen atoms in total. The number of carboxylic acid groups (broad SMARTS) is 1. The predicted molar refractivity (Wildman–Crippen MR) is 102 cm³/mol. The Morgan fingerprint density at radius 3 is 2.30 bits per heavy atom. The number of hydrogen-bond acceptors (Lipinski definition) is 4. The number of aromatic carboxylic acids is 1. The Balaban J connectivity index is 2.00. The molecule has 1 atom stereocenters. The van der Waals surface area contributed by atoms with Crippen molar-refractivity contribution < 1.29 is 24.5 Å². The van der Waals surface area contributed by atoms with Crippen molar-refractivity contribution >= 4 is 5.97 Å². The van der Waals surface area contributed by atoms with Crippen LogP contribution in [0.1, 0.15) is 27.6 Å². The first kappa shape index (κ1) is 18.6. The molecule has 0 saturated carbocycles. The summed E-state index contributed by atoms with van der Waals surface area (Å²) < 4.78 is 10.6. The number of rotatable bonds is 7. The van der Waals surface area contributed by atoms with E-state index in [1.807, 2.05) is 42.5 Å². The summed E-state index contributed by atoms with van der Waals surface area (Å²) in [4.78, 5) is 11.0. The molecule has 0 aliphatic rings. The van der Waals surface area contributed by atoms with Crippen LogP contribution in [0.15, 0.2) is 72.8 Å². The number of carboxylic acids is 1. The van der Waals surface area contributed by atoms with Crippen LogP contribution in [-0.2, 0) is 4.74 Å². The number of hydrogen-bond donors (Lipinski definition) is 2. The van der Waals surface area contributed by atoms with Crippen LogP contribution in [0.5, 0.6) is 5.75 Å². The molecule has 0 aromatic heterocycles. The van der Waals surface area contributed by atoms with E-state index in [9.17, 15) is 9.90 Å². The monoisotopic (exact) mass is 364 g/mol. The zero-order valence-electron chi connectivity index (χ0n) is 14.8. The highest BCUT2D eigenvalue weighted by Crippen LogP contribution is 2.34. The van der Waals surface area contributed by atoms with Crippen LogP contribution < -0.4 is 4.74 Å². The van der Waals surface area contributed by atoms with Crippen molar-refractivity contribution in [3.8, 4) is 16.9 Å². The molecule has 3 aromatic carbocycles. The second-order valence-electron chi connectivity index (χ2n) is 6.00. The Morgan fingerprint density at radius 1 is 0.963 bits per heavy atom. The Kier molecular flexibility index (Phi) is 5.86. The van der Waals surface area contributed by atoms with Gasteiger partial charge in [-0.25, -0.2) is 4.79 Å². The number of aliphatic hydroxyl groups excluding tert-OH is 1.